The van der Waals surface area contributed by atoms with E-state index in [2.05, 4.69) is 38.2 Å². The first-order valence-corrected chi connectivity index (χ1v) is 11.3. The highest BCUT2D eigenvalue weighted by molar-refractivity contribution is 5.00. The van der Waals surface area contributed by atoms with Crippen molar-refractivity contribution in [3.63, 3.8) is 0 Å². The van der Waals surface area contributed by atoms with Crippen LogP contribution in [0.5, 0.6) is 0 Å². The van der Waals surface area contributed by atoms with Gasteiger partial charge in [0.25, 0.3) is 0 Å². The molecule has 5 fully saturated rings. The first-order valence-electron chi connectivity index (χ1n) is 11.3. The van der Waals surface area contributed by atoms with E-state index in [1.807, 2.05) is 0 Å². The van der Waals surface area contributed by atoms with Gasteiger partial charge in [0.15, 0.2) is 0 Å². The molecule has 0 aromatic heterocycles. The Morgan fingerprint density at radius 1 is 0.963 bits per heavy atom. The lowest BCUT2D eigenvalue weighted by atomic mass is 9.80. The van der Waals surface area contributed by atoms with Gasteiger partial charge in [-0.2, -0.15) is 0 Å². The van der Waals surface area contributed by atoms with Crippen molar-refractivity contribution in [2.24, 2.45) is 11.8 Å². The van der Waals surface area contributed by atoms with Gasteiger partial charge >= 0.3 is 0 Å². The number of nitrogens with zero attached hydrogens (tertiary/aromatic N) is 2. The van der Waals surface area contributed by atoms with E-state index in [0.717, 1.165) is 38.9 Å². The molecule has 0 radical (unpaired) electrons. The van der Waals surface area contributed by atoms with Crippen molar-refractivity contribution in [3.8, 4) is 0 Å². The standard InChI is InChI=1S/C20H37FN6/c1-13-4-5-17-16(9-15(21)12-23-17)18-3-2-7-26(18)19-6-8-27-20(25-19)14(10-22-13)11-24-27/h13-20,22-25H,2-12H2,1H3/t13?,14?,15?,16?,17?,18-,19?,20?/m1/s1. The normalized spacial score (nSPS) is 49.6. The number of hydrogen-bond acceptors (Lipinski definition) is 6. The molecule has 5 aliphatic rings. The van der Waals surface area contributed by atoms with E-state index in [-0.39, 0.29) is 0 Å². The van der Waals surface area contributed by atoms with Crippen molar-refractivity contribution >= 4 is 0 Å². The van der Waals surface area contributed by atoms with Crippen molar-refractivity contribution < 1.29 is 4.39 Å². The Bertz CT molecular complexity index is 521. The second kappa shape index (κ2) is 7.84. The summed E-state index contributed by atoms with van der Waals surface area (Å²) in [6, 6.07) is 1.51. The van der Waals surface area contributed by atoms with Gasteiger partial charge in [0.1, 0.15) is 6.17 Å². The van der Waals surface area contributed by atoms with Gasteiger partial charge in [-0.25, -0.2) is 9.40 Å². The van der Waals surface area contributed by atoms with Crippen molar-refractivity contribution in [1.82, 2.24) is 31.3 Å². The predicted molar refractivity (Wildman–Crippen MR) is 105 cm³/mol. The van der Waals surface area contributed by atoms with Crippen LogP contribution in [0.3, 0.4) is 0 Å². The van der Waals surface area contributed by atoms with Crippen LogP contribution in [-0.4, -0.2) is 79.3 Å². The molecule has 27 heavy (non-hydrogen) atoms. The molecular formula is C20H37FN6. The van der Waals surface area contributed by atoms with Crippen LogP contribution < -0.4 is 21.4 Å². The highest BCUT2D eigenvalue weighted by Crippen LogP contribution is 2.36. The van der Waals surface area contributed by atoms with Crippen molar-refractivity contribution in [2.75, 3.05) is 32.7 Å². The van der Waals surface area contributed by atoms with Crippen LogP contribution >= 0.6 is 0 Å². The largest absolute Gasteiger partial charge is 0.314 e. The molecule has 4 N–H and O–H groups in total. The van der Waals surface area contributed by atoms with E-state index in [9.17, 15) is 4.39 Å². The zero-order valence-corrected chi connectivity index (χ0v) is 16.7. The zero-order chi connectivity index (χ0) is 18.4. The highest BCUT2D eigenvalue weighted by Gasteiger charge is 2.46. The van der Waals surface area contributed by atoms with Gasteiger partial charge < -0.3 is 10.6 Å². The summed E-state index contributed by atoms with van der Waals surface area (Å²) in [6.07, 6.45) is 6.90. The topological polar surface area (TPSA) is 54.6 Å². The molecule has 0 aromatic rings. The molecule has 7 heteroatoms. The Labute approximate surface area is 162 Å². The van der Waals surface area contributed by atoms with Crippen molar-refractivity contribution in [1.29, 1.82) is 0 Å². The first kappa shape index (κ1) is 18.7. The summed E-state index contributed by atoms with van der Waals surface area (Å²) in [5, 5.41) is 13.8. The number of nitrogens with one attached hydrogen (secondary N) is 4. The fourth-order valence-electron chi connectivity index (χ4n) is 6.39. The lowest BCUT2D eigenvalue weighted by molar-refractivity contribution is -0.00473. The third-order valence-electron chi connectivity index (χ3n) is 7.87. The number of hydrogen-bond donors (Lipinski definition) is 4. The Morgan fingerprint density at radius 2 is 1.89 bits per heavy atom. The van der Waals surface area contributed by atoms with Crippen LogP contribution in [-0.2, 0) is 0 Å². The number of fused-ring (bicyclic) bond motifs is 5. The Kier molecular flexibility index (Phi) is 5.43. The minimum absolute atomic E-state index is 0.416. The molecule has 5 rings (SSSR count). The number of halogens is 1. The molecule has 5 heterocycles. The molecule has 5 aliphatic heterocycles. The highest BCUT2D eigenvalue weighted by atomic mass is 19.1. The smallest absolute Gasteiger partial charge is 0.113 e. The number of rotatable bonds is 0. The van der Waals surface area contributed by atoms with Gasteiger partial charge in [-0.05, 0) is 57.9 Å². The minimum Gasteiger partial charge on any atom is -0.314 e. The maximum atomic E-state index is 14.4. The Morgan fingerprint density at radius 3 is 2.81 bits per heavy atom. The molecule has 6 nitrogen and oxygen atoms in total. The summed E-state index contributed by atoms with van der Waals surface area (Å²) >= 11 is 0. The molecule has 0 aromatic carbocycles. The third-order valence-corrected chi connectivity index (χ3v) is 7.87. The van der Waals surface area contributed by atoms with Crippen LogP contribution in [0.4, 0.5) is 4.39 Å². The van der Waals surface area contributed by atoms with Gasteiger partial charge in [0, 0.05) is 50.2 Å². The number of alkyl halides is 1. The Hall–Kier alpha value is -0.310. The molecule has 8 atom stereocenters. The predicted octanol–water partition coefficient (Wildman–Crippen LogP) is 0.621. The first-order chi connectivity index (χ1) is 13.2. The maximum Gasteiger partial charge on any atom is 0.113 e. The second-order valence-electron chi connectivity index (χ2n) is 9.58. The molecule has 0 amide bonds. The quantitative estimate of drug-likeness (QED) is 0.494. The molecule has 0 aliphatic carbocycles. The van der Waals surface area contributed by atoms with Gasteiger partial charge in [-0.1, -0.05) is 0 Å². The van der Waals surface area contributed by atoms with Gasteiger partial charge in [-0.3, -0.25) is 15.6 Å². The molecule has 5 saturated heterocycles. The van der Waals surface area contributed by atoms with Crippen molar-refractivity contribution in [3.05, 3.63) is 0 Å². The average molecular weight is 381 g/mol. The Balaban J connectivity index is 1.41. The molecule has 0 spiro atoms. The second-order valence-corrected chi connectivity index (χ2v) is 9.58. The van der Waals surface area contributed by atoms with E-state index in [4.69, 9.17) is 0 Å². The summed E-state index contributed by atoms with van der Waals surface area (Å²) in [5.41, 5.74) is 3.60. The van der Waals surface area contributed by atoms with E-state index in [1.165, 1.54) is 25.8 Å². The maximum absolute atomic E-state index is 14.4. The SMILES string of the molecule is CC1CCC2NCC(F)CC2[C@H]2CCCN2C2CCN3NCC(CN1)C3N2. The van der Waals surface area contributed by atoms with Crippen LogP contribution in [0, 0.1) is 11.8 Å². The molecular weight excluding hydrogens is 343 g/mol. The monoisotopic (exact) mass is 380 g/mol. The van der Waals surface area contributed by atoms with E-state index < -0.39 is 6.17 Å². The molecule has 2 bridgehead atoms. The van der Waals surface area contributed by atoms with E-state index in [0.29, 0.717) is 48.8 Å². The molecule has 0 saturated carbocycles. The summed E-state index contributed by atoms with van der Waals surface area (Å²) in [7, 11) is 0. The fourth-order valence-corrected chi connectivity index (χ4v) is 6.39. The summed E-state index contributed by atoms with van der Waals surface area (Å²) in [5.74, 6) is 1.05. The van der Waals surface area contributed by atoms with Crippen molar-refractivity contribution in [2.45, 2.75) is 82.1 Å². The fraction of sp³-hybridized carbons (Fsp3) is 1.00. The van der Waals surface area contributed by atoms with Crippen LogP contribution in [0.1, 0.15) is 45.4 Å². The summed E-state index contributed by atoms with van der Waals surface area (Å²) in [4.78, 5) is 2.72. The lowest BCUT2D eigenvalue weighted by Crippen LogP contribution is -2.64. The summed E-state index contributed by atoms with van der Waals surface area (Å²) in [6.45, 7) is 7.25. The van der Waals surface area contributed by atoms with Crippen LogP contribution in [0.15, 0.2) is 0 Å². The zero-order valence-electron chi connectivity index (χ0n) is 16.7. The number of piperidine rings is 1. The van der Waals surface area contributed by atoms with Crippen LogP contribution in [0.25, 0.3) is 0 Å². The van der Waals surface area contributed by atoms with E-state index in [1.54, 1.807) is 0 Å². The molecule has 154 valence electrons. The van der Waals surface area contributed by atoms with Gasteiger partial charge in [0.2, 0.25) is 0 Å². The van der Waals surface area contributed by atoms with E-state index >= 15 is 0 Å². The summed E-state index contributed by atoms with van der Waals surface area (Å²) < 4.78 is 14.4. The molecule has 7 unspecified atom stereocenters. The average Bonchev–Trinajstić information content (AvgIpc) is 3.31. The van der Waals surface area contributed by atoms with Gasteiger partial charge in [-0.15, -0.1) is 0 Å². The lowest BCUT2D eigenvalue weighted by Gasteiger charge is -2.47. The number of hydrazine groups is 1. The minimum atomic E-state index is -0.682. The van der Waals surface area contributed by atoms with Gasteiger partial charge in [0.05, 0.1) is 12.3 Å². The third kappa shape index (κ3) is 3.67. The van der Waals surface area contributed by atoms with Crippen LogP contribution in [0.2, 0.25) is 0 Å².